The molecule has 0 atom stereocenters. The van der Waals surface area contributed by atoms with Crippen LogP contribution in [-0.2, 0) is 10.8 Å². The Balaban J connectivity index is 0.941. The van der Waals surface area contributed by atoms with Crippen LogP contribution in [0.5, 0.6) is 0 Å². The molecule has 0 aliphatic heterocycles. The topological polar surface area (TPSA) is 3.24 Å². The molecule has 0 N–H and O–H groups in total. The maximum atomic E-state index is 2.51. The first kappa shape index (κ1) is 44.2. The van der Waals surface area contributed by atoms with E-state index in [1.807, 2.05) is 0 Å². The molecule has 14 rings (SSSR count). The van der Waals surface area contributed by atoms with E-state index in [2.05, 4.69) is 314 Å². The third-order valence-corrected chi connectivity index (χ3v) is 16.0. The van der Waals surface area contributed by atoms with Crippen LogP contribution in [0.2, 0.25) is 0 Å². The quantitative estimate of drug-likeness (QED) is 0.139. The monoisotopic (exact) mass is 953 g/mol. The van der Waals surface area contributed by atoms with Crippen LogP contribution in [0.1, 0.15) is 44.5 Å². The Morgan fingerprint density at radius 3 is 1.07 bits per heavy atom. The van der Waals surface area contributed by atoms with E-state index in [-0.39, 0.29) is 0 Å². The molecule has 0 saturated heterocycles. The lowest BCUT2D eigenvalue weighted by atomic mass is 9.51. The highest BCUT2D eigenvalue weighted by Crippen LogP contribution is 2.65. The van der Waals surface area contributed by atoms with Crippen molar-refractivity contribution < 1.29 is 0 Å². The van der Waals surface area contributed by atoms with Gasteiger partial charge < -0.3 is 4.90 Å². The molecule has 0 radical (unpaired) electrons. The average molecular weight is 954 g/mol. The van der Waals surface area contributed by atoms with Gasteiger partial charge in [0, 0.05) is 16.9 Å². The summed E-state index contributed by atoms with van der Waals surface area (Å²) in [5, 5.41) is 0. The smallest absolute Gasteiger partial charge is 0.0720 e. The van der Waals surface area contributed by atoms with Gasteiger partial charge in [0.2, 0.25) is 0 Å². The van der Waals surface area contributed by atoms with Gasteiger partial charge in [-0.3, -0.25) is 0 Å². The van der Waals surface area contributed by atoms with Crippen LogP contribution < -0.4 is 4.90 Å². The summed E-state index contributed by atoms with van der Waals surface area (Å²) in [5.74, 6) is 0. The van der Waals surface area contributed by atoms with Crippen molar-refractivity contribution in [2.75, 3.05) is 4.90 Å². The lowest BCUT2D eigenvalue weighted by Crippen LogP contribution is -2.44. The molecule has 12 aromatic rings. The minimum absolute atomic E-state index is 0.553. The predicted molar refractivity (Wildman–Crippen MR) is 312 cm³/mol. The van der Waals surface area contributed by atoms with Crippen LogP contribution in [0.3, 0.4) is 0 Å². The number of anilines is 3. The van der Waals surface area contributed by atoms with Gasteiger partial charge in [-0.05, 0) is 137 Å². The third-order valence-electron chi connectivity index (χ3n) is 16.0. The van der Waals surface area contributed by atoms with Gasteiger partial charge >= 0.3 is 0 Å². The largest absolute Gasteiger partial charge is 0.310 e. The highest BCUT2D eigenvalue weighted by Gasteiger charge is 2.56. The highest BCUT2D eigenvalue weighted by atomic mass is 15.1. The van der Waals surface area contributed by atoms with Crippen molar-refractivity contribution >= 4 is 17.1 Å². The second-order valence-corrected chi connectivity index (χ2v) is 19.9. The first-order valence-corrected chi connectivity index (χ1v) is 26.1. The summed E-state index contributed by atoms with van der Waals surface area (Å²) < 4.78 is 0. The molecule has 0 saturated carbocycles. The fourth-order valence-corrected chi connectivity index (χ4v) is 12.8. The zero-order valence-electron chi connectivity index (χ0n) is 41.4. The van der Waals surface area contributed by atoms with Gasteiger partial charge in [-0.25, -0.2) is 0 Å². The van der Waals surface area contributed by atoms with Crippen LogP contribution in [0.4, 0.5) is 17.1 Å². The summed E-state index contributed by atoms with van der Waals surface area (Å²) in [4.78, 5) is 2.42. The molecule has 0 amide bonds. The normalized spacial score (nSPS) is 13.3. The second kappa shape index (κ2) is 18.2. The van der Waals surface area contributed by atoms with E-state index >= 15 is 0 Å². The van der Waals surface area contributed by atoms with Crippen LogP contribution in [-0.4, -0.2) is 0 Å². The molecule has 12 aromatic carbocycles. The van der Waals surface area contributed by atoms with Crippen molar-refractivity contribution in [2.45, 2.75) is 10.8 Å². The molecule has 1 heteroatoms. The van der Waals surface area contributed by atoms with Crippen LogP contribution >= 0.6 is 0 Å². The Kier molecular flexibility index (Phi) is 10.7. The first-order chi connectivity index (χ1) is 37.2. The van der Waals surface area contributed by atoms with E-state index in [0.717, 1.165) is 33.8 Å². The van der Waals surface area contributed by atoms with Crippen molar-refractivity contribution in [2.24, 2.45) is 0 Å². The number of benzene rings is 12. The summed E-state index contributed by atoms with van der Waals surface area (Å²) in [6.07, 6.45) is 0. The Morgan fingerprint density at radius 2 is 0.547 bits per heavy atom. The Hall–Kier alpha value is -9.56. The minimum atomic E-state index is -0.579. The molecule has 2 aliphatic rings. The van der Waals surface area contributed by atoms with Gasteiger partial charge in [-0.2, -0.15) is 0 Å². The maximum Gasteiger partial charge on any atom is 0.0720 e. The number of nitrogens with zero attached hydrogens (tertiary/aromatic N) is 1. The van der Waals surface area contributed by atoms with Crippen molar-refractivity contribution in [3.8, 4) is 55.6 Å². The molecule has 0 heterocycles. The van der Waals surface area contributed by atoms with Crippen molar-refractivity contribution in [1.82, 2.24) is 0 Å². The molecule has 75 heavy (non-hydrogen) atoms. The molecule has 2 aliphatic carbocycles. The summed E-state index contributed by atoms with van der Waals surface area (Å²) in [5.41, 5.74) is 24.5. The van der Waals surface area contributed by atoms with Gasteiger partial charge in [0.1, 0.15) is 0 Å². The lowest BCUT2D eigenvalue weighted by molar-refractivity contribution is 0.624. The summed E-state index contributed by atoms with van der Waals surface area (Å²) in [6.45, 7) is 0. The van der Waals surface area contributed by atoms with E-state index in [1.54, 1.807) is 0 Å². The first-order valence-electron chi connectivity index (χ1n) is 26.1. The van der Waals surface area contributed by atoms with Crippen molar-refractivity contribution in [3.63, 3.8) is 0 Å². The maximum absolute atomic E-state index is 2.51. The zero-order valence-corrected chi connectivity index (χ0v) is 41.4. The predicted octanol–water partition coefficient (Wildman–Crippen LogP) is 18.9. The zero-order chi connectivity index (χ0) is 49.8. The Bertz CT molecular complexity index is 3930. The van der Waals surface area contributed by atoms with E-state index < -0.39 is 10.8 Å². The number of fused-ring (bicyclic) bond motifs is 9. The van der Waals surface area contributed by atoms with E-state index in [0.29, 0.717) is 0 Å². The fourth-order valence-electron chi connectivity index (χ4n) is 12.8. The lowest BCUT2D eigenvalue weighted by Gasteiger charge is -2.50. The molecule has 352 valence electrons. The summed E-state index contributed by atoms with van der Waals surface area (Å²) >= 11 is 0. The summed E-state index contributed by atoms with van der Waals surface area (Å²) in [7, 11) is 0. The Labute approximate surface area is 440 Å². The Morgan fingerprint density at radius 1 is 0.200 bits per heavy atom. The standard InChI is InChI=1S/C74H51N/c1-6-22-52(23-7-1)54-38-44-61(45-39-54)75(72-49-43-57(53-24-8-2-9-25-53)50-65(72)56-26-10-3-11-27-56)62-46-40-55(41-47-62)58-42-48-64-63-32-16-17-33-66(63)74(71(64)51-58)69-36-20-18-34-67(69)73(59-28-12-4-13-29-59,60-30-14-5-15-31-60)68-35-19-21-37-70(68)74/h1-51H. The molecule has 0 fully saturated rings. The SMILES string of the molecule is c1ccc(-c2ccc(N(c3ccc(-c4ccc5c(c4)C4(c6ccccc6-5)c5ccccc5C(c5ccccc5)(c5ccccc5)c5ccccc54)cc3)c3ccc(-c4ccccc4)cc3-c3ccccc3)cc2)cc1. The molecule has 1 spiro atoms. The van der Waals surface area contributed by atoms with Crippen LogP contribution in [0.25, 0.3) is 55.6 Å². The van der Waals surface area contributed by atoms with E-state index in [4.69, 9.17) is 0 Å². The minimum Gasteiger partial charge on any atom is -0.310 e. The molecule has 0 aromatic heterocycles. The van der Waals surface area contributed by atoms with Gasteiger partial charge in [-0.15, -0.1) is 0 Å². The highest BCUT2D eigenvalue weighted by molar-refractivity contribution is 5.93. The van der Waals surface area contributed by atoms with E-state index in [1.165, 1.54) is 83.5 Å². The molecular weight excluding hydrogens is 903 g/mol. The van der Waals surface area contributed by atoms with Gasteiger partial charge in [0.15, 0.2) is 0 Å². The van der Waals surface area contributed by atoms with Crippen LogP contribution in [0.15, 0.2) is 309 Å². The molecular formula is C74H51N. The number of hydrogen-bond acceptors (Lipinski definition) is 1. The molecule has 1 nitrogen and oxygen atoms in total. The molecule has 0 bridgehead atoms. The summed E-state index contributed by atoms with van der Waals surface area (Å²) in [6, 6.07) is 115. The third kappa shape index (κ3) is 7.00. The molecule has 0 unspecified atom stereocenters. The van der Waals surface area contributed by atoms with E-state index in [9.17, 15) is 0 Å². The van der Waals surface area contributed by atoms with Gasteiger partial charge in [0.05, 0.1) is 16.5 Å². The van der Waals surface area contributed by atoms with Crippen molar-refractivity contribution in [1.29, 1.82) is 0 Å². The number of hydrogen-bond donors (Lipinski definition) is 0. The average Bonchev–Trinajstić information content (AvgIpc) is 3.95. The number of rotatable bonds is 9. The van der Waals surface area contributed by atoms with Crippen molar-refractivity contribution in [3.05, 3.63) is 354 Å². The second-order valence-electron chi connectivity index (χ2n) is 19.9. The van der Waals surface area contributed by atoms with Gasteiger partial charge in [0.25, 0.3) is 0 Å². The van der Waals surface area contributed by atoms with Gasteiger partial charge in [-0.1, -0.05) is 267 Å². The fraction of sp³-hybridized carbons (Fsp3) is 0.0270. The van der Waals surface area contributed by atoms with Crippen LogP contribution in [0, 0.1) is 0 Å².